The SMILES string of the molecule is CS(=O)(=O)C=C[C@H](CCCCNC(=O)OCc1ccccc1)NC(=O)[C@H](CCC(=O)Nc1ccccc1)NC(=O)c1ccc(Br)cc1. The van der Waals surface area contributed by atoms with Gasteiger partial charge in [0.25, 0.3) is 5.91 Å². The molecule has 0 bridgehead atoms. The number of carbonyl (C=O) groups is 4. The summed E-state index contributed by atoms with van der Waals surface area (Å²) in [6.07, 6.45) is 3.19. The lowest BCUT2D eigenvalue weighted by atomic mass is 10.1. The maximum Gasteiger partial charge on any atom is 0.407 e. The van der Waals surface area contributed by atoms with E-state index in [0.717, 1.165) is 21.7 Å². The molecule has 0 aliphatic heterocycles. The number of unbranched alkanes of at least 4 members (excludes halogenated alkanes) is 1. The van der Waals surface area contributed by atoms with Gasteiger partial charge in [0, 0.05) is 46.4 Å². The van der Waals surface area contributed by atoms with Crippen LogP contribution in [-0.4, -0.2) is 57.1 Å². The van der Waals surface area contributed by atoms with Crippen LogP contribution in [0.5, 0.6) is 0 Å². The minimum Gasteiger partial charge on any atom is -0.445 e. The molecular weight excluding hydrogens is 688 g/mol. The van der Waals surface area contributed by atoms with E-state index in [9.17, 15) is 27.6 Å². The third-order valence-corrected chi connectivity index (χ3v) is 7.94. The first-order valence-electron chi connectivity index (χ1n) is 15.0. The van der Waals surface area contributed by atoms with Crippen LogP contribution in [0.3, 0.4) is 0 Å². The van der Waals surface area contributed by atoms with Crippen molar-refractivity contribution >= 4 is 55.3 Å². The highest BCUT2D eigenvalue weighted by Crippen LogP contribution is 2.13. The number of hydrogen-bond donors (Lipinski definition) is 4. The van der Waals surface area contributed by atoms with Gasteiger partial charge in [0.1, 0.15) is 12.6 Å². The lowest BCUT2D eigenvalue weighted by molar-refractivity contribution is -0.123. The molecule has 11 nitrogen and oxygen atoms in total. The molecule has 0 heterocycles. The molecule has 0 unspecified atom stereocenters. The van der Waals surface area contributed by atoms with Crippen LogP contribution in [0.25, 0.3) is 0 Å². The summed E-state index contributed by atoms with van der Waals surface area (Å²) in [4.78, 5) is 51.2. The number of benzene rings is 3. The largest absolute Gasteiger partial charge is 0.445 e. The Balaban J connectivity index is 1.60. The van der Waals surface area contributed by atoms with Gasteiger partial charge in [-0.2, -0.15) is 0 Å². The molecular formula is C34H39BrN4O7S. The molecule has 3 aromatic rings. The number of rotatable bonds is 17. The summed E-state index contributed by atoms with van der Waals surface area (Å²) in [6, 6.07) is 22.9. The zero-order valence-electron chi connectivity index (χ0n) is 26.0. The zero-order chi connectivity index (χ0) is 34.1. The minimum atomic E-state index is -3.49. The fourth-order valence-electron chi connectivity index (χ4n) is 4.32. The van der Waals surface area contributed by atoms with Gasteiger partial charge in [-0.15, -0.1) is 0 Å². The van der Waals surface area contributed by atoms with E-state index in [1.54, 1.807) is 48.5 Å². The lowest BCUT2D eigenvalue weighted by Crippen LogP contribution is -2.49. The summed E-state index contributed by atoms with van der Waals surface area (Å²) in [6.45, 7) is 0.455. The molecule has 0 fully saturated rings. The molecule has 0 spiro atoms. The number of halogens is 1. The number of para-hydroxylation sites is 1. The fourth-order valence-corrected chi connectivity index (χ4v) is 5.06. The third-order valence-electron chi connectivity index (χ3n) is 6.76. The molecule has 0 saturated carbocycles. The average molecular weight is 728 g/mol. The van der Waals surface area contributed by atoms with Gasteiger partial charge in [-0.3, -0.25) is 14.4 Å². The number of nitrogens with one attached hydrogen (secondary N) is 4. The van der Waals surface area contributed by atoms with E-state index in [0.29, 0.717) is 37.1 Å². The van der Waals surface area contributed by atoms with Crippen molar-refractivity contribution in [2.24, 2.45) is 0 Å². The first-order valence-corrected chi connectivity index (χ1v) is 17.8. The highest BCUT2D eigenvalue weighted by Gasteiger charge is 2.24. The number of amides is 4. The summed E-state index contributed by atoms with van der Waals surface area (Å²) in [5.74, 6) is -1.42. The molecule has 4 amide bonds. The van der Waals surface area contributed by atoms with Crippen LogP contribution < -0.4 is 21.3 Å². The number of carbonyl (C=O) groups excluding carboxylic acids is 4. The lowest BCUT2D eigenvalue weighted by Gasteiger charge is -2.22. The second-order valence-corrected chi connectivity index (χ2v) is 13.6. The zero-order valence-corrected chi connectivity index (χ0v) is 28.4. The second-order valence-electron chi connectivity index (χ2n) is 10.7. The van der Waals surface area contributed by atoms with Gasteiger partial charge >= 0.3 is 6.09 Å². The standard InChI is InChI=1S/C34H39BrN4O7S/c1-47(44,45)23-21-29(14-8-9-22-36-34(43)46-24-25-10-4-2-5-11-25)38-33(42)30(39-32(41)26-15-17-27(35)18-16-26)19-20-31(40)37-28-12-6-3-7-13-28/h2-7,10-13,15-18,21,23,29-30H,8-9,14,19-20,22,24H2,1H3,(H,36,43)(H,37,40)(H,38,42)(H,39,41)/t29-,30-/m0/s1. The maximum atomic E-state index is 13.5. The van der Waals surface area contributed by atoms with E-state index in [2.05, 4.69) is 37.2 Å². The van der Waals surface area contributed by atoms with Crippen LogP contribution in [0.4, 0.5) is 10.5 Å². The Morgan fingerprint density at radius 1 is 0.851 bits per heavy atom. The van der Waals surface area contributed by atoms with Crippen LogP contribution in [0.15, 0.2) is 101 Å². The monoisotopic (exact) mass is 726 g/mol. The molecule has 250 valence electrons. The van der Waals surface area contributed by atoms with Crippen molar-refractivity contribution in [1.82, 2.24) is 16.0 Å². The van der Waals surface area contributed by atoms with Crippen LogP contribution in [0, 0.1) is 0 Å². The van der Waals surface area contributed by atoms with Gasteiger partial charge in [0.05, 0.1) is 0 Å². The molecule has 0 radical (unpaired) electrons. The van der Waals surface area contributed by atoms with E-state index in [-0.39, 0.29) is 25.4 Å². The van der Waals surface area contributed by atoms with Crippen LogP contribution in [-0.2, 0) is 30.8 Å². The quantitative estimate of drug-likeness (QED) is 0.141. The van der Waals surface area contributed by atoms with E-state index in [1.807, 2.05) is 36.4 Å². The molecule has 0 saturated heterocycles. The molecule has 3 aromatic carbocycles. The highest BCUT2D eigenvalue weighted by atomic mass is 79.9. The smallest absolute Gasteiger partial charge is 0.407 e. The van der Waals surface area contributed by atoms with Gasteiger partial charge in [-0.25, -0.2) is 13.2 Å². The van der Waals surface area contributed by atoms with Crippen molar-refractivity contribution in [3.63, 3.8) is 0 Å². The van der Waals surface area contributed by atoms with Gasteiger partial charge < -0.3 is 26.0 Å². The average Bonchev–Trinajstić information content (AvgIpc) is 3.05. The van der Waals surface area contributed by atoms with Crippen molar-refractivity contribution in [2.75, 3.05) is 18.1 Å². The number of anilines is 1. The topological polar surface area (TPSA) is 160 Å². The van der Waals surface area contributed by atoms with E-state index in [1.165, 1.54) is 6.08 Å². The second kappa shape index (κ2) is 19.2. The first-order chi connectivity index (χ1) is 22.5. The van der Waals surface area contributed by atoms with Gasteiger partial charge in [0.15, 0.2) is 9.84 Å². The van der Waals surface area contributed by atoms with Gasteiger partial charge in [-0.05, 0) is 67.6 Å². The van der Waals surface area contributed by atoms with Crippen molar-refractivity contribution in [3.05, 3.63) is 112 Å². The number of ether oxygens (including phenoxy) is 1. The summed E-state index contributed by atoms with van der Waals surface area (Å²) >= 11 is 3.33. The Morgan fingerprint density at radius 2 is 1.51 bits per heavy atom. The highest BCUT2D eigenvalue weighted by molar-refractivity contribution is 9.10. The summed E-state index contributed by atoms with van der Waals surface area (Å²) < 4.78 is 29.7. The molecule has 13 heteroatoms. The Bertz CT molecular complexity index is 1600. The minimum absolute atomic E-state index is 0.00963. The van der Waals surface area contributed by atoms with E-state index < -0.39 is 39.8 Å². The van der Waals surface area contributed by atoms with Crippen LogP contribution in [0.1, 0.15) is 48.0 Å². The molecule has 3 rings (SSSR count). The number of alkyl carbamates (subject to hydrolysis) is 1. The van der Waals surface area contributed by atoms with E-state index in [4.69, 9.17) is 4.74 Å². The van der Waals surface area contributed by atoms with Crippen molar-refractivity contribution in [2.45, 2.75) is 50.8 Å². The molecule has 4 N–H and O–H groups in total. The Morgan fingerprint density at radius 3 is 2.17 bits per heavy atom. The van der Waals surface area contributed by atoms with Crippen molar-refractivity contribution < 1.29 is 32.3 Å². The van der Waals surface area contributed by atoms with Crippen LogP contribution >= 0.6 is 15.9 Å². The predicted molar refractivity (Wildman–Crippen MR) is 184 cm³/mol. The Kier molecular flexibility index (Phi) is 15.1. The molecule has 2 atom stereocenters. The fraction of sp³-hybridized carbons (Fsp3) is 0.294. The van der Waals surface area contributed by atoms with Crippen molar-refractivity contribution in [3.8, 4) is 0 Å². The summed E-state index contributed by atoms with van der Waals surface area (Å²) in [5.41, 5.74) is 1.78. The summed E-state index contributed by atoms with van der Waals surface area (Å²) in [7, 11) is -3.49. The summed E-state index contributed by atoms with van der Waals surface area (Å²) in [5, 5.41) is 12.0. The normalized spacial score (nSPS) is 12.5. The number of hydrogen-bond acceptors (Lipinski definition) is 7. The Labute approximate surface area is 283 Å². The Hall–Kier alpha value is -4.49. The first kappa shape index (κ1) is 37.0. The maximum absolute atomic E-state index is 13.5. The number of sulfone groups is 1. The van der Waals surface area contributed by atoms with Crippen molar-refractivity contribution in [1.29, 1.82) is 0 Å². The third kappa shape index (κ3) is 15.1. The van der Waals surface area contributed by atoms with Gasteiger partial charge in [0.2, 0.25) is 11.8 Å². The van der Waals surface area contributed by atoms with E-state index >= 15 is 0 Å². The molecule has 0 aromatic heterocycles. The van der Waals surface area contributed by atoms with Crippen LogP contribution in [0.2, 0.25) is 0 Å². The molecule has 0 aliphatic rings. The molecule has 0 aliphatic carbocycles. The predicted octanol–water partition coefficient (Wildman–Crippen LogP) is 5.11. The van der Waals surface area contributed by atoms with Gasteiger partial charge in [-0.1, -0.05) is 70.5 Å². The molecule has 47 heavy (non-hydrogen) atoms.